The van der Waals surface area contributed by atoms with Gasteiger partial charge in [0.2, 0.25) is 5.91 Å². The number of aromatic nitrogens is 1. The Morgan fingerprint density at radius 3 is 2.77 bits per heavy atom. The predicted octanol–water partition coefficient (Wildman–Crippen LogP) is 2.81. The van der Waals surface area contributed by atoms with Crippen molar-refractivity contribution in [2.45, 2.75) is 46.1 Å². The number of fused-ring (bicyclic) bond motifs is 1. The lowest BCUT2D eigenvalue weighted by Crippen LogP contribution is -2.47. The fraction of sp³-hybridized carbons (Fsp3) is 0.571. The molecule has 0 aliphatic carbocycles. The van der Waals surface area contributed by atoms with Gasteiger partial charge in [0.15, 0.2) is 0 Å². The molecule has 0 spiro atoms. The molecule has 0 bridgehead atoms. The van der Waals surface area contributed by atoms with Crippen LogP contribution < -0.4 is 5.32 Å². The highest BCUT2D eigenvalue weighted by Crippen LogP contribution is 2.25. The molecule has 0 radical (unpaired) electrons. The van der Waals surface area contributed by atoms with Gasteiger partial charge in [-0.1, -0.05) is 32.0 Å². The fourth-order valence-electron chi connectivity index (χ4n) is 3.80. The monoisotopic (exact) mass is 357 g/mol. The molecule has 0 saturated carbocycles. The van der Waals surface area contributed by atoms with E-state index >= 15 is 0 Å². The second kappa shape index (κ2) is 8.69. The third-order valence-corrected chi connectivity index (χ3v) is 5.40. The van der Waals surface area contributed by atoms with Crippen molar-refractivity contribution in [3.05, 3.63) is 35.0 Å². The Balaban J connectivity index is 1.67. The Hall–Kier alpha value is -1.85. The van der Waals surface area contributed by atoms with E-state index in [-0.39, 0.29) is 11.9 Å². The Kier molecular flexibility index (Phi) is 6.33. The van der Waals surface area contributed by atoms with Crippen LogP contribution in [0, 0.1) is 6.92 Å². The minimum atomic E-state index is 0.107. The van der Waals surface area contributed by atoms with Gasteiger partial charge in [0.1, 0.15) is 0 Å². The van der Waals surface area contributed by atoms with E-state index in [1.165, 1.54) is 16.5 Å². The van der Waals surface area contributed by atoms with E-state index in [1.54, 1.807) is 0 Å². The molecule has 1 aromatic heterocycles. The predicted molar refractivity (Wildman–Crippen MR) is 106 cm³/mol. The van der Waals surface area contributed by atoms with Crippen LogP contribution >= 0.6 is 0 Å². The van der Waals surface area contributed by atoms with Gasteiger partial charge in [-0.15, -0.1) is 0 Å². The molecular weight excluding hydrogens is 326 g/mol. The highest BCUT2D eigenvalue weighted by molar-refractivity contribution is 5.91. The largest absolute Gasteiger partial charge is 0.379 e. The van der Waals surface area contributed by atoms with Crippen LogP contribution in [-0.2, 0) is 22.4 Å². The van der Waals surface area contributed by atoms with Gasteiger partial charge >= 0.3 is 0 Å². The molecule has 1 amide bonds. The molecule has 1 saturated heterocycles. The summed E-state index contributed by atoms with van der Waals surface area (Å²) in [4.78, 5) is 18.6. The number of rotatable bonds is 7. The Morgan fingerprint density at radius 2 is 2.08 bits per heavy atom. The van der Waals surface area contributed by atoms with Crippen molar-refractivity contribution >= 4 is 16.8 Å². The molecule has 1 aromatic carbocycles. The van der Waals surface area contributed by atoms with Crippen LogP contribution in [-0.4, -0.2) is 54.7 Å². The average Bonchev–Trinajstić information content (AvgIpc) is 2.97. The second-order valence-corrected chi connectivity index (χ2v) is 7.18. The number of nitrogens with zero attached hydrogens (tertiary/aromatic N) is 1. The summed E-state index contributed by atoms with van der Waals surface area (Å²) in [6, 6.07) is 6.55. The summed E-state index contributed by atoms with van der Waals surface area (Å²) < 4.78 is 5.41. The topological polar surface area (TPSA) is 57.4 Å². The van der Waals surface area contributed by atoms with Crippen LogP contribution in [0.1, 0.15) is 37.1 Å². The Bertz CT molecular complexity index is 747. The maximum absolute atomic E-state index is 12.7. The van der Waals surface area contributed by atoms with E-state index in [9.17, 15) is 4.79 Å². The summed E-state index contributed by atoms with van der Waals surface area (Å²) >= 11 is 0. The molecule has 0 unspecified atom stereocenters. The van der Waals surface area contributed by atoms with Crippen molar-refractivity contribution in [1.82, 2.24) is 15.2 Å². The van der Waals surface area contributed by atoms with Crippen molar-refractivity contribution in [1.29, 1.82) is 0 Å². The molecule has 3 rings (SSSR count). The van der Waals surface area contributed by atoms with Crippen molar-refractivity contribution in [3.8, 4) is 0 Å². The molecule has 1 atom stereocenters. The molecule has 1 fully saturated rings. The van der Waals surface area contributed by atoms with Gasteiger partial charge in [0, 0.05) is 42.3 Å². The number of morpholine rings is 1. The molecule has 2 aromatic rings. The number of carbonyl (C=O) groups excluding carboxylic acids is 1. The van der Waals surface area contributed by atoms with Gasteiger partial charge in [-0.05, 0) is 30.9 Å². The summed E-state index contributed by atoms with van der Waals surface area (Å²) in [5, 5.41) is 4.42. The highest BCUT2D eigenvalue weighted by atomic mass is 16.5. The van der Waals surface area contributed by atoms with Gasteiger partial charge in [-0.25, -0.2) is 0 Å². The van der Waals surface area contributed by atoms with Crippen LogP contribution in [0.25, 0.3) is 10.9 Å². The van der Waals surface area contributed by atoms with Gasteiger partial charge in [0.05, 0.1) is 19.6 Å². The first kappa shape index (κ1) is 18.9. The maximum Gasteiger partial charge on any atom is 0.224 e. The summed E-state index contributed by atoms with van der Waals surface area (Å²) in [5.74, 6) is 0.107. The molecule has 142 valence electrons. The first-order valence-electron chi connectivity index (χ1n) is 9.80. The van der Waals surface area contributed by atoms with E-state index in [0.717, 1.165) is 56.9 Å². The van der Waals surface area contributed by atoms with Crippen molar-refractivity contribution in [2.75, 3.05) is 32.8 Å². The first-order valence-corrected chi connectivity index (χ1v) is 9.80. The molecule has 5 heteroatoms. The Labute approximate surface area is 156 Å². The number of para-hydroxylation sites is 1. The summed E-state index contributed by atoms with van der Waals surface area (Å²) in [5.41, 5.74) is 4.69. The first-order chi connectivity index (χ1) is 12.6. The summed E-state index contributed by atoms with van der Waals surface area (Å²) in [7, 11) is 0. The molecule has 2 heterocycles. The van der Waals surface area contributed by atoms with Crippen LogP contribution in [0.4, 0.5) is 0 Å². The fourth-order valence-corrected chi connectivity index (χ4v) is 3.80. The minimum Gasteiger partial charge on any atom is -0.379 e. The summed E-state index contributed by atoms with van der Waals surface area (Å²) in [6.45, 7) is 10.7. The van der Waals surface area contributed by atoms with Crippen molar-refractivity contribution < 1.29 is 9.53 Å². The third kappa shape index (κ3) is 4.27. The molecule has 2 N–H and O–H groups in total. The van der Waals surface area contributed by atoms with E-state index < -0.39 is 0 Å². The number of nitrogens with one attached hydrogen (secondary N) is 2. The van der Waals surface area contributed by atoms with Crippen LogP contribution in [0.2, 0.25) is 0 Å². The zero-order valence-corrected chi connectivity index (χ0v) is 16.2. The average molecular weight is 357 g/mol. The van der Waals surface area contributed by atoms with Crippen molar-refractivity contribution in [2.24, 2.45) is 0 Å². The number of ether oxygens (including phenoxy) is 1. The molecular formula is C21H31N3O2. The molecule has 26 heavy (non-hydrogen) atoms. The highest BCUT2D eigenvalue weighted by Gasteiger charge is 2.19. The SMILES string of the molecule is CCc1cccc2c(CC(=O)N[C@H](CC)CN3CCOCC3)c(C)[nH]c12. The van der Waals surface area contributed by atoms with Crippen LogP contribution in [0.15, 0.2) is 18.2 Å². The third-order valence-electron chi connectivity index (χ3n) is 5.40. The van der Waals surface area contributed by atoms with Crippen LogP contribution in [0.3, 0.4) is 0 Å². The second-order valence-electron chi connectivity index (χ2n) is 7.18. The minimum absolute atomic E-state index is 0.107. The maximum atomic E-state index is 12.7. The van der Waals surface area contributed by atoms with E-state index in [1.807, 2.05) is 0 Å². The smallest absolute Gasteiger partial charge is 0.224 e. The lowest BCUT2D eigenvalue weighted by atomic mass is 10.0. The van der Waals surface area contributed by atoms with Gasteiger partial charge in [-0.2, -0.15) is 0 Å². The normalized spacial score (nSPS) is 16.7. The number of carbonyl (C=O) groups is 1. The van der Waals surface area contributed by atoms with E-state index in [4.69, 9.17) is 4.74 Å². The van der Waals surface area contributed by atoms with E-state index in [2.05, 4.69) is 54.2 Å². The van der Waals surface area contributed by atoms with Gasteiger partial charge < -0.3 is 15.0 Å². The zero-order chi connectivity index (χ0) is 18.5. The van der Waals surface area contributed by atoms with Gasteiger partial charge in [-0.3, -0.25) is 9.69 Å². The Morgan fingerprint density at radius 1 is 1.31 bits per heavy atom. The zero-order valence-electron chi connectivity index (χ0n) is 16.2. The number of hydrogen-bond donors (Lipinski definition) is 2. The lowest BCUT2D eigenvalue weighted by Gasteiger charge is -2.30. The molecule has 5 nitrogen and oxygen atoms in total. The van der Waals surface area contributed by atoms with E-state index in [0.29, 0.717) is 6.42 Å². The van der Waals surface area contributed by atoms with Crippen LogP contribution in [0.5, 0.6) is 0 Å². The number of aromatic amines is 1. The summed E-state index contributed by atoms with van der Waals surface area (Å²) in [6.07, 6.45) is 2.36. The number of amides is 1. The number of aryl methyl sites for hydroxylation is 2. The standard InChI is InChI=1S/C21H31N3O2/c1-4-16-7-6-8-18-19(15(3)22-21(16)18)13-20(25)23-17(5-2)14-24-9-11-26-12-10-24/h6-8,17,22H,4-5,9-14H2,1-3H3,(H,23,25)/t17-/m1/s1. The van der Waals surface area contributed by atoms with Gasteiger partial charge in [0.25, 0.3) is 0 Å². The lowest BCUT2D eigenvalue weighted by molar-refractivity contribution is -0.121. The number of hydrogen-bond acceptors (Lipinski definition) is 3. The molecule has 1 aliphatic heterocycles. The number of benzene rings is 1. The quantitative estimate of drug-likeness (QED) is 0.801. The van der Waals surface area contributed by atoms with Crippen molar-refractivity contribution in [3.63, 3.8) is 0 Å². The number of H-pyrrole nitrogens is 1. The molecule has 1 aliphatic rings.